The molecule has 0 saturated heterocycles. The van der Waals surface area contributed by atoms with Crippen molar-refractivity contribution in [3.05, 3.63) is 60.3 Å². The Bertz CT molecular complexity index is 1120. The summed E-state index contributed by atoms with van der Waals surface area (Å²) in [7, 11) is -3.81. The number of sulfonamides is 1. The molecule has 3 rings (SSSR count). The number of hydrogen-bond acceptors (Lipinski definition) is 4. The summed E-state index contributed by atoms with van der Waals surface area (Å²) in [5, 5.41) is 11.4. The molecule has 0 aliphatic carbocycles. The number of benzene rings is 2. The van der Waals surface area contributed by atoms with Gasteiger partial charge in [-0.1, -0.05) is 18.2 Å². The van der Waals surface area contributed by atoms with E-state index in [0.29, 0.717) is 12.1 Å². The van der Waals surface area contributed by atoms with Crippen LogP contribution in [0.25, 0.3) is 10.9 Å². The van der Waals surface area contributed by atoms with Crippen molar-refractivity contribution in [2.24, 2.45) is 5.14 Å². The lowest BCUT2D eigenvalue weighted by atomic mass is 10.0. The normalized spacial score (nSPS) is 12.5. The Kier molecular flexibility index (Phi) is 5.48. The number of nitrogens with one attached hydrogen (secondary N) is 3. The maximum Gasteiger partial charge on any atom is 0.247 e. The van der Waals surface area contributed by atoms with Gasteiger partial charge >= 0.3 is 0 Å². The Labute approximate surface area is 162 Å². The summed E-state index contributed by atoms with van der Waals surface area (Å²) in [6.45, 7) is 1.34. The molecule has 0 radical (unpaired) electrons. The number of rotatable bonds is 6. The number of anilines is 1. The number of nitrogens with two attached hydrogens (primary N) is 1. The van der Waals surface area contributed by atoms with Crippen LogP contribution in [0.3, 0.4) is 0 Å². The van der Waals surface area contributed by atoms with Crippen molar-refractivity contribution >= 4 is 38.4 Å². The fourth-order valence-electron chi connectivity index (χ4n) is 2.93. The number of aromatic amines is 1. The monoisotopic (exact) mass is 400 g/mol. The van der Waals surface area contributed by atoms with Crippen LogP contribution in [0.2, 0.25) is 0 Å². The summed E-state index contributed by atoms with van der Waals surface area (Å²) in [5.74, 6) is -0.742. The largest absolute Gasteiger partial charge is 0.361 e. The molecule has 0 saturated carbocycles. The van der Waals surface area contributed by atoms with Crippen molar-refractivity contribution in [1.29, 1.82) is 0 Å². The van der Waals surface area contributed by atoms with Crippen LogP contribution in [-0.4, -0.2) is 31.3 Å². The lowest BCUT2D eigenvalue weighted by Gasteiger charge is -2.17. The SMILES string of the molecule is CC(=O)NC(Cc1c[nH]c2ccccc12)C(=O)Nc1ccc(S(N)(=O)=O)cc1. The van der Waals surface area contributed by atoms with Crippen LogP contribution in [0.1, 0.15) is 12.5 Å². The van der Waals surface area contributed by atoms with E-state index in [4.69, 9.17) is 5.14 Å². The van der Waals surface area contributed by atoms with Gasteiger partial charge in [-0.25, -0.2) is 13.6 Å². The molecule has 0 fully saturated rings. The third-order valence-electron chi connectivity index (χ3n) is 4.24. The minimum absolute atomic E-state index is 0.0531. The smallest absolute Gasteiger partial charge is 0.247 e. The quantitative estimate of drug-likeness (QED) is 0.499. The summed E-state index contributed by atoms with van der Waals surface area (Å²) >= 11 is 0. The van der Waals surface area contributed by atoms with Gasteiger partial charge in [0, 0.05) is 36.1 Å². The molecule has 146 valence electrons. The highest BCUT2D eigenvalue weighted by Gasteiger charge is 2.22. The Balaban J connectivity index is 1.79. The van der Waals surface area contributed by atoms with Crippen LogP contribution in [0.4, 0.5) is 5.69 Å². The molecule has 1 heterocycles. The second-order valence-corrected chi connectivity index (χ2v) is 7.94. The van der Waals surface area contributed by atoms with Crippen molar-refractivity contribution in [1.82, 2.24) is 10.3 Å². The fraction of sp³-hybridized carbons (Fsp3) is 0.158. The van der Waals surface area contributed by atoms with Crippen molar-refractivity contribution < 1.29 is 18.0 Å². The second-order valence-electron chi connectivity index (χ2n) is 6.38. The highest BCUT2D eigenvalue weighted by molar-refractivity contribution is 7.89. The lowest BCUT2D eigenvalue weighted by Crippen LogP contribution is -2.44. The van der Waals surface area contributed by atoms with Gasteiger partial charge in [0.2, 0.25) is 21.8 Å². The van der Waals surface area contributed by atoms with Crippen LogP contribution in [0.5, 0.6) is 0 Å². The van der Waals surface area contributed by atoms with Gasteiger partial charge in [-0.15, -0.1) is 0 Å². The maximum absolute atomic E-state index is 12.7. The Morgan fingerprint density at radius 3 is 2.43 bits per heavy atom. The molecule has 1 aromatic heterocycles. The average molecular weight is 400 g/mol. The van der Waals surface area contributed by atoms with Gasteiger partial charge in [0.25, 0.3) is 0 Å². The van der Waals surface area contributed by atoms with E-state index in [1.165, 1.54) is 31.2 Å². The molecule has 9 heteroatoms. The molecular formula is C19H20N4O4S. The van der Waals surface area contributed by atoms with E-state index >= 15 is 0 Å². The van der Waals surface area contributed by atoms with Gasteiger partial charge in [0.15, 0.2) is 0 Å². The molecule has 0 aliphatic heterocycles. The summed E-state index contributed by atoms with van der Waals surface area (Å²) in [5.41, 5.74) is 2.24. The minimum atomic E-state index is -3.81. The number of H-pyrrole nitrogens is 1. The van der Waals surface area contributed by atoms with Gasteiger partial charge in [-0.2, -0.15) is 0 Å². The predicted octanol–water partition coefficient (Wildman–Crippen LogP) is 1.50. The van der Waals surface area contributed by atoms with E-state index < -0.39 is 22.0 Å². The molecule has 3 aromatic rings. The molecule has 0 spiro atoms. The summed E-state index contributed by atoms with van der Waals surface area (Å²) in [4.78, 5) is 27.4. The molecule has 5 N–H and O–H groups in total. The van der Waals surface area contributed by atoms with Crippen LogP contribution in [0, 0.1) is 0 Å². The van der Waals surface area contributed by atoms with Crippen LogP contribution in [-0.2, 0) is 26.0 Å². The van der Waals surface area contributed by atoms with Gasteiger partial charge < -0.3 is 15.6 Å². The summed E-state index contributed by atoms with van der Waals surface area (Å²) < 4.78 is 22.6. The van der Waals surface area contributed by atoms with Crippen molar-refractivity contribution in [3.63, 3.8) is 0 Å². The van der Waals surface area contributed by atoms with E-state index in [2.05, 4.69) is 15.6 Å². The van der Waals surface area contributed by atoms with Crippen molar-refractivity contribution in [2.75, 3.05) is 5.32 Å². The Morgan fingerprint density at radius 2 is 1.79 bits per heavy atom. The number of carbonyl (C=O) groups is 2. The van der Waals surface area contributed by atoms with E-state index in [-0.39, 0.29) is 10.8 Å². The van der Waals surface area contributed by atoms with Crippen LogP contribution >= 0.6 is 0 Å². The van der Waals surface area contributed by atoms with E-state index in [9.17, 15) is 18.0 Å². The summed E-state index contributed by atoms with van der Waals surface area (Å²) in [6, 6.07) is 12.4. The van der Waals surface area contributed by atoms with E-state index in [1.54, 1.807) is 0 Å². The first-order valence-electron chi connectivity index (χ1n) is 8.50. The van der Waals surface area contributed by atoms with E-state index in [0.717, 1.165) is 16.5 Å². The number of aromatic nitrogens is 1. The predicted molar refractivity (Wildman–Crippen MR) is 106 cm³/mol. The maximum atomic E-state index is 12.7. The van der Waals surface area contributed by atoms with E-state index in [1.807, 2.05) is 30.5 Å². The van der Waals surface area contributed by atoms with Gasteiger partial charge in [0.05, 0.1) is 4.90 Å². The highest BCUT2D eigenvalue weighted by atomic mass is 32.2. The molecule has 2 amide bonds. The number of primary sulfonamides is 1. The molecule has 8 nitrogen and oxygen atoms in total. The fourth-order valence-corrected chi connectivity index (χ4v) is 3.45. The number of para-hydroxylation sites is 1. The Morgan fingerprint density at radius 1 is 1.11 bits per heavy atom. The molecule has 0 bridgehead atoms. The molecule has 1 atom stereocenters. The average Bonchev–Trinajstić information content (AvgIpc) is 3.03. The number of fused-ring (bicyclic) bond motifs is 1. The lowest BCUT2D eigenvalue weighted by molar-refractivity contribution is -0.125. The molecular weight excluding hydrogens is 380 g/mol. The van der Waals surface area contributed by atoms with Crippen molar-refractivity contribution in [2.45, 2.75) is 24.3 Å². The molecule has 1 unspecified atom stereocenters. The minimum Gasteiger partial charge on any atom is -0.361 e. The molecule has 2 aromatic carbocycles. The molecule has 28 heavy (non-hydrogen) atoms. The zero-order chi connectivity index (χ0) is 20.3. The Hall–Kier alpha value is -3.17. The number of hydrogen-bond donors (Lipinski definition) is 4. The standard InChI is InChI=1S/C19H20N4O4S/c1-12(24)22-18(10-13-11-21-17-5-3-2-4-16(13)17)19(25)23-14-6-8-15(9-7-14)28(20,26)27/h2-9,11,18,21H,10H2,1H3,(H,22,24)(H,23,25)(H2,20,26,27). The highest BCUT2D eigenvalue weighted by Crippen LogP contribution is 2.20. The first-order valence-corrected chi connectivity index (χ1v) is 10.0. The third-order valence-corrected chi connectivity index (χ3v) is 5.17. The second kappa shape index (κ2) is 7.83. The first-order chi connectivity index (χ1) is 13.2. The van der Waals surface area contributed by atoms with Gasteiger partial charge in [-0.05, 0) is 35.9 Å². The molecule has 0 aliphatic rings. The summed E-state index contributed by atoms with van der Waals surface area (Å²) in [6.07, 6.45) is 2.11. The zero-order valence-corrected chi connectivity index (χ0v) is 15.9. The van der Waals surface area contributed by atoms with Gasteiger partial charge in [-0.3, -0.25) is 9.59 Å². The van der Waals surface area contributed by atoms with Gasteiger partial charge in [0.1, 0.15) is 6.04 Å². The third kappa shape index (κ3) is 4.56. The number of carbonyl (C=O) groups excluding carboxylic acids is 2. The van der Waals surface area contributed by atoms with Crippen molar-refractivity contribution in [3.8, 4) is 0 Å². The first kappa shape index (κ1) is 19.6. The van der Waals surface area contributed by atoms with Crippen LogP contribution < -0.4 is 15.8 Å². The number of amides is 2. The topological polar surface area (TPSA) is 134 Å². The van der Waals surface area contributed by atoms with Crippen LogP contribution in [0.15, 0.2) is 59.6 Å². The zero-order valence-electron chi connectivity index (χ0n) is 15.1.